The van der Waals surface area contributed by atoms with Crippen LogP contribution < -0.4 is 9.80 Å². The van der Waals surface area contributed by atoms with Crippen molar-refractivity contribution in [3.05, 3.63) is 52.1 Å². The molecule has 2 aliphatic rings. The minimum atomic E-state index is -0.295. The van der Waals surface area contributed by atoms with E-state index in [0.717, 1.165) is 16.0 Å². The van der Waals surface area contributed by atoms with Gasteiger partial charge in [-0.25, -0.2) is 4.98 Å². The average molecular weight is 464 g/mol. The molecule has 3 heterocycles. The van der Waals surface area contributed by atoms with Gasteiger partial charge in [0.15, 0.2) is 0 Å². The molecule has 2 aliphatic heterocycles. The van der Waals surface area contributed by atoms with E-state index in [1.807, 2.05) is 35.2 Å². The molecule has 6 nitrogen and oxygen atoms in total. The topological polar surface area (TPSA) is 56.8 Å². The van der Waals surface area contributed by atoms with Crippen molar-refractivity contribution in [1.82, 2.24) is 9.88 Å². The lowest BCUT2D eigenvalue weighted by molar-refractivity contribution is -0.136. The zero-order valence-corrected chi connectivity index (χ0v) is 17.6. The minimum Gasteiger partial charge on any atom is -0.352 e. The number of amides is 2. The fraction of sp³-hybridized carbons (Fsp3) is 0.350. The fourth-order valence-electron chi connectivity index (χ4n) is 3.77. The van der Waals surface area contributed by atoms with Gasteiger partial charge >= 0.3 is 0 Å². The van der Waals surface area contributed by atoms with E-state index >= 15 is 0 Å². The van der Waals surface area contributed by atoms with Crippen LogP contribution in [-0.2, 0) is 9.59 Å². The standard InChI is InChI=1S/C20H20BrClN4O2/c21-15-3-1-4-16(12-15)26-13-14(11-18(26)27)20(28)25-9-7-24(8-10-25)19-17(22)5-2-6-23-19/h1-6,12,14H,7-11,13H2. The van der Waals surface area contributed by atoms with E-state index in [0.29, 0.717) is 37.7 Å². The van der Waals surface area contributed by atoms with E-state index in [1.54, 1.807) is 17.2 Å². The number of rotatable bonds is 3. The maximum Gasteiger partial charge on any atom is 0.228 e. The third kappa shape index (κ3) is 3.86. The maximum atomic E-state index is 13.0. The summed E-state index contributed by atoms with van der Waals surface area (Å²) in [5.41, 5.74) is 0.823. The minimum absolute atomic E-state index is 0.00430. The largest absolute Gasteiger partial charge is 0.352 e. The van der Waals surface area contributed by atoms with E-state index in [9.17, 15) is 9.59 Å². The van der Waals surface area contributed by atoms with Gasteiger partial charge in [0.1, 0.15) is 5.82 Å². The molecule has 4 rings (SSSR count). The van der Waals surface area contributed by atoms with Gasteiger partial charge < -0.3 is 14.7 Å². The number of aromatic nitrogens is 1. The summed E-state index contributed by atoms with van der Waals surface area (Å²) < 4.78 is 0.914. The Morgan fingerprint density at radius 2 is 1.93 bits per heavy atom. The molecule has 0 bridgehead atoms. The van der Waals surface area contributed by atoms with Crippen molar-refractivity contribution in [3.8, 4) is 0 Å². The lowest BCUT2D eigenvalue weighted by atomic mass is 10.1. The van der Waals surface area contributed by atoms with E-state index in [4.69, 9.17) is 11.6 Å². The van der Waals surface area contributed by atoms with E-state index < -0.39 is 0 Å². The van der Waals surface area contributed by atoms with Gasteiger partial charge in [-0.05, 0) is 30.3 Å². The summed E-state index contributed by atoms with van der Waals surface area (Å²) in [5, 5.41) is 0.619. The second-order valence-electron chi connectivity index (χ2n) is 7.01. The number of hydrogen-bond donors (Lipinski definition) is 0. The number of benzene rings is 1. The number of hydrogen-bond acceptors (Lipinski definition) is 4. The summed E-state index contributed by atoms with van der Waals surface area (Å²) in [6.07, 6.45) is 1.98. The van der Waals surface area contributed by atoms with Crippen LogP contribution in [0.1, 0.15) is 6.42 Å². The van der Waals surface area contributed by atoms with Crippen molar-refractivity contribution in [2.45, 2.75) is 6.42 Å². The summed E-state index contributed by atoms with van der Waals surface area (Å²) in [6.45, 7) is 3.00. The predicted octanol–water partition coefficient (Wildman–Crippen LogP) is 3.20. The van der Waals surface area contributed by atoms with Crippen LogP contribution in [0.4, 0.5) is 11.5 Å². The van der Waals surface area contributed by atoms with Gasteiger partial charge in [-0.2, -0.15) is 0 Å². The zero-order valence-electron chi connectivity index (χ0n) is 15.2. The molecule has 2 aromatic rings. The Morgan fingerprint density at radius 3 is 2.64 bits per heavy atom. The van der Waals surface area contributed by atoms with Gasteiger partial charge in [0.2, 0.25) is 11.8 Å². The SMILES string of the molecule is O=C(C1CC(=O)N(c2cccc(Br)c2)C1)N1CCN(c2ncccc2Cl)CC1. The Labute approximate surface area is 177 Å². The molecule has 146 valence electrons. The van der Waals surface area contributed by atoms with Gasteiger partial charge in [0.05, 0.1) is 10.9 Å². The number of piperazine rings is 1. The molecule has 0 N–H and O–H groups in total. The summed E-state index contributed by atoms with van der Waals surface area (Å²) in [5.74, 6) is 0.512. The maximum absolute atomic E-state index is 13.0. The van der Waals surface area contributed by atoms with Gasteiger partial charge in [-0.15, -0.1) is 0 Å². The first-order valence-electron chi connectivity index (χ1n) is 9.23. The average Bonchev–Trinajstić information content (AvgIpc) is 3.10. The number of carbonyl (C=O) groups is 2. The summed E-state index contributed by atoms with van der Waals surface area (Å²) in [4.78, 5) is 35.4. The van der Waals surface area contributed by atoms with E-state index in [2.05, 4.69) is 25.8 Å². The van der Waals surface area contributed by atoms with Crippen LogP contribution in [0.2, 0.25) is 5.02 Å². The van der Waals surface area contributed by atoms with Crippen LogP contribution >= 0.6 is 27.5 Å². The first-order valence-corrected chi connectivity index (χ1v) is 10.4. The Bertz CT molecular complexity index is 901. The quantitative estimate of drug-likeness (QED) is 0.701. The zero-order chi connectivity index (χ0) is 19.7. The lowest BCUT2D eigenvalue weighted by Gasteiger charge is -2.36. The number of halogens is 2. The van der Waals surface area contributed by atoms with Crippen molar-refractivity contribution in [3.63, 3.8) is 0 Å². The fourth-order valence-corrected chi connectivity index (χ4v) is 4.40. The van der Waals surface area contributed by atoms with Gasteiger partial charge in [0, 0.05) is 55.5 Å². The van der Waals surface area contributed by atoms with Crippen LogP contribution in [0.3, 0.4) is 0 Å². The molecule has 1 atom stereocenters. The Kier molecular flexibility index (Phi) is 5.55. The Balaban J connectivity index is 1.38. The molecule has 2 fully saturated rings. The molecular formula is C20H20BrClN4O2. The second-order valence-corrected chi connectivity index (χ2v) is 8.33. The molecule has 8 heteroatoms. The highest BCUT2D eigenvalue weighted by Crippen LogP contribution is 2.29. The third-order valence-electron chi connectivity index (χ3n) is 5.22. The van der Waals surface area contributed by atoms with Crippen LogP contribution in [-0.4, -0.2) is 54.4 Å². The number of nitrogens with zero attached hydrogens (tertiary/aromatic N) is 4. The Morgan fingerprint density at radius 1 is 1.14 bits per heavy atom. The molecule has 0 spiro atoms. The highest BCUT2D eigenvalue weighted by Gasteiger charge is 2.38. The molecular weight excluding hydrogens is 444 g/mol. The summed E-state index contributed by atoms with van der Waals surface area (Å²) >= 11 is 9.66. The van der Waals surface area contributed by atoms with Gasteiger partial charge in [-0.3, -0.25) is 9.59 Å². The highest BCUT2D eigenvalue weighted by atomic mass is 79.9. The normalized spacial score (nSPS) is 20.0. The first kappa shape index (κ1) is 19.2. The van der Waals surface area contributed by atoms with Crippen LogP contribution in [0.15, 0.2) is 47.1 Å². The molecule has 0 radical (unpaired) electrons. The van der Waals surface area contributed by atoms with Crippen molar-refractivity contribution in [1.29, 1.82) is 0 Å². The molecule has 0 saturated carbocycles. The molecule has 2 amide bonds. The molecule has 2 saturated heterocycles. The molecule has 1 aromatic heterocycles. The monoisotopic (exact) mass is 462 g/mol. The molecule has 1 aromatic carbocycles. The summed E-state index contributed by atoms with van der Waals surface area (Å²) in [7, 11) is 0. The third-order valence-corrected chi connectivity index (χ3v) is 6.01. The van der Waals surface area contributed by atoms with E-state index in [1.165, 1.54) is 0 Å². The smallest absolute Gasteiger partial charge is 0.228 e. The predicted molar refractivity (Wildman–Crippen MR) is 113 cm³/mol. The lowest BCUT2D eigenvalue weighted by Crippen LogP contribution is -2.51. The van der Waals surface area contributed by atoms with Crippen molar-refractivity contribution in [2.24, 2.45) is 5.92 Å². The Hall–Kier alpha value is -2.12. The molecule has 1 unspecified atom stereocenters. The number of anilines is 2. The molecule has 0 aliphatic carbocycles. The highest BCUT2D eigenvalue weighted by molar-refractivity contribution is 9.10. The number of carbonyl (C=O) groups excluding carboxylic acids is 2. The summed E-state index contributed by atoms with van der Waals surface area (Å²) in [6, 6.07) is 11.2. The van der Waals surface area contributed by atoms with Crippen molar-refractivity contribution >= 4 is 50.9 Å². The van der Waals surface area contributed by atoms with Crippen LogP contribution in [0, 0.1) is 5.92 Å². The van der Waals surface area contributed by atoms with Crippen molar-refractivity contribution < 1.29 is 9.59 Å². The second kappa shape index (κ2) is 8.09. The van der Waals surface area contributed by atoms with Gasteiger partial charge in [-0.1, -0.05) is 33.6 Å². The number of pyridine rings is 1. The van der Waals surface area contributed by atoms with Crippen LogP contribution in [0.25, 0.3) is 0 Å². The molecule has 28 heavy (non-hydrogen) atoms. The van der Waals surface area contributed by atoms with Gasteiger partial charge in [0.25, 0.3) is 0 Å². The van der Waals surface area contributed by atoms with Crippen molar-refractivity contribution in [2.75, 3.05) is 42.5 Å². The van der Waals surface area contributed by atoms with E-state index in [-0.39, 0.29) is 24.2 Å². The first-order chi connectivity index (χ1) is 13.5. The van der Waals surface area contributed by atoms with Crippen LogP contribution in [0.5, 0.6) is 0 Å².